The molecule has 1 unspecified atom stereocenters. The lowest BCUT2D eigenvalue weighted by molar-refractivity contribution is -0.167. The number of allylic oxidation sites excluding steroid dienone is 8. The standard InChI is InChI=1S/C41H70O6/c1-4-7-10-13-16-19-20-23-25-28-31-34-40(43)46-37-38(47-41(44)35-32-29-26-22-18-15-12-9-6-3)36-45-39(42)33-30-27-24-21-17-14-11-8-5-2/h9,12-13,16,18,21-22,24,38H,4-8,10-11,14-15,17,19-20,23,25-37H2,1-3H3/b12-9-,16-13-,22-18-,24-21-. The molecule has 0 amide bonds. The highest BCUT2D eigenvalue weighted by Crippen LogP contribution is 2.11. The van der Waals surface area contributed by atoms with Gasteiger partial charge in [0.1, 0.15) is 13.2 Å². The summed E-state index contributed by atoms with van der Waals surface area (Å²) in [5.41, 5.74) is 0. The number of ether oxygens (including phenoxy) is 3. The van der Waals surface area contributed by atoms with Crippen LogP contribution in [-0.4, -0.2) is 37.2 Å². The first-order valence-electron chi connectivity index (χ1n) is 19.1. The van der Waals surface area contributed by atoms with Crippen LogP contribution < -0.4 is 0 Å². The van der Waals surface area contributed by atoms with Crippen LogP contribution in [0.4, 0.5) is 0 Å². The minimum atomic E-state index is -0.797. The van der Waals surface area contributed by atoms with Gasteiger partial charge in [-0.05, 0) is 83.5 Å². The highest BCUT2D eigenvalue weighted by Gasteiger charge is 2.19. The summed E-state index contributed by atoms with van der Waals surface area (Å²) in [7, 11) is 0. The fourth-order valence-electron chi connectivity index (χ4n) is 4.87. The van der Waals surface area contributed by atoms with Gasteiger partial charge in [-0.3, -0.25) is 14.4 Å². The van der Waals surface area contributed by atoms with Crippen molar-refractivity contribution in [3.63, 3.8) is 0 Å². The fraction of sp³-hybridized carbons (Fsp3) is 0.732. The number of unbranched alkanes of at least 4 members (excludes halogenated alkanes) is 14. The third kappa shape index (κ3) is 34.5. The Balaban J connectivity index is 4.46. The van der Waals surface area contributed by atoms with Gasteiger partial charge in [0, 0.05) is 19.3 Å². The van der Waals surface area contributed by atoms with Crippen molar-refractivity contribution in [3.8, 4) is 0 Å². The number of carbonyl (C=O) groups is 3. The maximum atomic E-state index is 12.5. The smallest absolute Gasteiger partial charge is 0.306 e. The lowest BCUT2D eigenvalue weighted by Gasteiger charge is -2.18. The number of esters is 3. The van der Waals surface area contributed by atoms with E-state index in [1.54, 1.807) is 0 Å². The van der Waals surface area contributed by atoms with Crippen LogP contribution in [0.3, 0.4) is 0 Å². The largest absolute Gasteiger partial charge is 0.462 e. The van der Waals surface area contributed by atoms with Gasteiger partial charge in [0.2, 0.25) is 0 Å². The molecule has 0 saturated heterocycles. The van der Waals surface area contributed by atoms with E-state index in [1.807, 2.05) is 0 Å². The van der Waals surface area contributed by atoms with Gasteiger partial charge in [-0.15, -0.1) is 0 Å². The second kappa shape index (κ2) is 36.2. The zero-order valence-corrected chi connectivity index (χ0v) is 30.5. The molecule has 0 aliphatic carbocycles. The minimum absolute atomic E-state index is 0.100. The Labute approximate surface area is 288 Å². The molecule has 0 spiro atoms. The van der Waals surface area contributed by atoms with Gasteiger partial charge in [0.15, 0.2) is 6.10 Å². The van der Waals surface area contributed by atoms with Crippen molar-refractivity contribution in [2.45, 2.75) is 181 Å². The van der Waals surface area contributed by atoms with Crippen LogP contribution in [0.1, 0.15) is 175 Å². The fourth-order valence-corrected chi connectivity index (χ4v) is 4.87. The first-order valence-corrected chi connectivity index (χ1v) is 19.1. The normalized spacial score (nSPS) is 12.5. The third-order valence-corrected chi connectivity index (χ3v) is 7.79. The Morgan fingerprint density at radius 3 is 1.49 bits per heavy atom. The Bertz CT molecular complexity index is 856. The van der Waals surface area contributed by atoms with Gasteiger partial charge in [0.25, 0.3) is 0 Å². The molecule has 0 aromatic heterocycles. The van der Waals surface area contributed by atoms with Crippen LogP contribution >= 0.6 is 0 Å². The minimum Gasteiger partial charge on any atom is -0.462 e. The molecule has 0 aliphatic heterocycles. The summed E-state index contributed by atoms with van der Waals surface area (Å²) in [6.45, 7) is 6.33. The number of hydrogen-bond acceptors (Lipinski definition) is 6. The van der Waals surface area contributed by atoms with Crippen molar-refractivity contribution in [2.75, 3.05) is 13.2 Å². The monoisotopic (exact) mass is 659 g/mol. The molecule has 6 heteroatoms. The zero-order valence-electron chi connectivity index (χ0n) is 30.5. The Morgan fingerprint density at radius 1 is 0.447 bits per heavy atom. The average molecular weight is 659 g/mol. The quantitative estimate of drug-likeness (QED) is 0.0302. The van der Waals surface area contributed by atoms with Crippen LogP contribution in [0.25, 0.3) is 0 Å². The first kappa shape index (κ1) is 44.4. The van der Waals surface area contributed by atoms with Crippen LogP contribution in [0.2, 0.25) is 0 Å². The van der Waals surface area contributed by atoms with Crippen molar-refractivity contribution in [3.05, 3.63) is 48.6 Å². The van der Waals surface area contributed by atoms with E-state index in [0.717, 1.165) is 64.2 Å². The SMILES string of the molecule is CC/C=C\C/C=C\CCCCC(=O)OC(COC(=O)CCC/C=C\CCCCCC)COC(=O)CCCCCCC/C=C\CCCC. The lowest BCUT2D eigenvalue weighted by atomic mass is 10.1. The van der Waals surface area contributed by atoms with Gasteiger partial charge in [-0.2, -0.15) is 0 Å². The first-order chi connectivity index (χ1) is 23.0. The molecule has 0 fully saturated rings. The highest BCUT2D eigenvalue weighted by atomic mass is 16.6. The Hall–Kier alpha value is -2.63. The van der Waals surface area contributed by atoms with E-state index in [0.29, 0.717) is 25.7 Å². The lowest BCUT2D eigenvalue weighted by Crippen LogP contribution is -2.30. The Morgan fingerprint density at radius 2 is 0.872 bits per heavy atom. The molecule has 0 saturated carbocycles. The summed E-state index contributed by atoms with van der Waals surface area (Å²) in [4.78, 5) is 37.3. The summed E-state index contributed by atoms with van der Waals surface area (Å²) in [6.07, 6.45) is 39.7. The molecule has 6 nitrogen and oxygen atoms in total. The van der Waals surface area contributed by atoms with Gasteiger partial charge in [0.05, 0.1) is 0 Å². The predicted molar refractivity (Wildman–Crippen MR) is 196 cm³/mol. The second-order valence-corrected chi connectivity index (χ2v) is 12.4. The molecule has 0 radical (unpaired) electrons. The molecule has 0 aromatic carbocycles. The van der Waals surface area contributed by atoms with Gasteiger partial charge >= 0.3 is 17.9 Å². The molecule has 47 heavy (non-hydrogen) atoms. The van der Waals surface area contributed by atoms with Crippen molar-refractivity contribution in [2.24, 2.45) is 0 Å². The van der Waals surface area contributed by atoms with Crippen molar-refractivity contribution in [1.29, 1.82) is 0 Å². The Kier molecular flexibility index (Phi) is 34.2. The van der Waals surface area contributed by atoms with E-state index >= 15 is 0 Å². The van der Waals surface area contributed by atoms with Gasteiger partial charge in [-0.25, -0.2) is 0 Å². The molecule has 0 aromatic rings. The summed E-state index contributed by atoms with van der Waals surface area (Å²) in [5.74, 6) is -0.995. The third-order valence-electron chi connectivity index (χ3n) is 7.79. The molecule has 1 atom stereocenters. The molecule has 0 heterocycles. The van der Waals surface area contributed by atoms with Crippen LogP contribution in [0, 0.1) is 0 Å². The molecule has 0 aliphatic rings. The van der Waals surface area contributed by atoms with E-state index in [-0.39, 0.29) is 37.5 Å². The van der Waals surface area contributed by atoms with E-state index < -0.39 is 6.10 Å². The maximum Gasteiger partial charge on any atom is 0.306 e. The van der Waals surface area contributed by atoms with E-state index in [1.165, 1.54) is 57.8 Å². The summed E-state index contributed by atoms with van der Waals surface area (Å²) in [6, 6.07) is 0. The summed E-state index contributed by atoms with van der Waals surface area (Å²) >= 11 is 0. The number of carbonyl (C=O) groups excluding carboxylic acids is 3. The molecule has 0 N–H and O–H groups in total. The molecular formula is C41H70O6. The summed E-state index contributed by atoms with van der Waals surface area (Å²) < 4.78 is 16.5. The number of hydrogen-bond donors (Lipinski definition) is 0. The van der Waals surface area contributed by atoms with Gasteiger partial charge < -0.3 is 14.2 Å². The molecule has 270 valence electrons. The van der Waals surface area contributed by atoms with E-state index in [2.05, 4.69) is 69.4 Å². The average Bonchev–Trinajstić information content (AvgIpc) is 3.06. The molecule has 0 rings (SSSR count). The van der Waals surface area contributed by atoms with Crippen molar-refractivity contribution in [1.82, 2.24) is 0 Å². The number of rotatable bonds is 33. The van der Waals surface area contributed by atoms with E-state index in [9.17, 15) is 14.4 Å². The van der Waals surface area contributed by atoms with Crippen molar-refractivity contribution >= 4 is 17.9 Å². The van der Waals surface area contributed by atoms with Crippen molar-refractivity contribution < 1.29 is 28.6 Å². The van der Waals surface area contributed by atoms with Crippen LogP contribution in [-0.2, 0) is 28.6 Å². The molecule has 0 bridgehead atoms. The summed E-state index contributed by atoms with van der Waals surface area (Å²) in [5, 5.41) is 0. The molecular weight excluding hydrogens is 588 g/mol. The maximum absolute atomic E-state index is 12.5. The van der Waals surface area contributed by atoms with Gasteiger partial charge in [-0.1, -0.05) is 121 Å². The zero-order chi connectivity index (χ0) is 34.5. The highest BCUT2D eigenvalue weighted by molar-refractivity contribution is 5.71. The predicted octanol–water partition coefficient (Wildman–Crippen LogP) is 11.6. The van der Waals surface area contributed by atoms with Crippen LogP contribution in [0.15, 0.2) is 48.6 Å². The van der Waals surface area contributed by atoms with Crippen LogP contribution in [0.5, 0.6) is 0 Å². The second-order valence-electron chi connectivity index (χ2n) is 12.4. The topological polar surface area (TPSA) is 78.9 Å². The van der Waals surface area contributed by atoms with E-state index in [4.69, 9.17) is 14.2 Å².